The Hall–Kier alpha value is -2.69. The van der Waals surface area contributed by atoms with Crippen LogP contribution in [-0.4, -0.2) is 17.7 Å². The van der Waals surface area contributed by atoms with Gasteiger partial charge in [-0.25, -0.2) is 4.79 Å². The number of nitrogens with one attached hydrogen (secondary N) is 1. The van der Waals surface area contributed by atoms with Gasteiger partial charge in [-0.2, -0.15) is 0 Å². The van der Waals surface area contributed by atoms with E-state index in [9.17, 15) is 9.90 Å². The highest BCUT2D eigenvalue weighted by atomic mass is 16.5. The highest BCUT2D eigenvalue weighted by molar-refractivity contribution is 5.67. The molecule has 0 aliphatic rings. The number of alkyl carbamates (subject to hydrolysis) is 1. The van der Waals surface area contributed by atoms with Crippen LogP contribution in [0.1, 0.15) is 11.1 Å². The van der Waals surface area contributed by atoms with Gasteiger partial charge in [-0.15, -0.1) is 0 Å². The molecule has 2 aromatic carbocycles. The van der Waals surface area contributed by atoms with Crippen LogP contribution in [0.25, 0.3) is 0 Å². The summed E-state index contributed by atoms with van der Waals surface area (Å²) in [4.78, 5) is 11.5. The summed E-state index contributed by atoms with van der Waals surface area (Å²) >= 11 is 0. The van der Waals surface area contributed by atoms with Gasteiger partial charge in [-0.3, -0.25) is 0 Å². The van der Waals surface area contributed by atoms with Gasteiger partial charge in [0.2, 0.25) is 0 Å². The number of benzene rings is 2. The molecule has 0 aliphatic carbocycles. The van der Waals surface area contributed by atoms with Crippen molar-refractivity contribution in [3.8, 4) is 5.75 Å². The Balaban J connectivity index is 1.70. The van der Waals surface area contributed by atoms with Gasteiger partial charge >= 0.3 is 6.09 Å². The summed E-state index contributed by atoms with van der Waals surface area (Å²) < 4.78 is 5.09. The SMILES string of the molecule is Nc1cc(CCNC(=O)OCc2ccccc2)ccc1O. The van der Waals surface area contributed by atoms with Gasteiger partial charge in [-0.1, -0.05) is 36.4 Å². The number of nitrogens with two attached hydrogens (primary N) is 1. The molecule has 5 nitrogen and oxygen atoms in total. The minimum Gasteiger partial charge on any atom is -0.506 e. The summed E-state index contributed by atoms with van der Waals surface area (Å²) in [5.41, 5.74) is 7.82. The topological polar surface area (TPSA) is 84.6 Å². The van der Waals surface area contributed by atoms with Gasteiger partial charge in [0.25, 0.3) is 0 Å². The van der Waals surface area contributed by atoms with Crippen molar-refractivity contribution >= 4 is 11.8 Å². The third-order valence-electron chi connectivity index (χ3n) is 2.99. The molecule has 2 rings (SSSR count). The maximum atomic E-state index is 11.5. The zero-order chi connectivity index (χ0) is 15.1. The lowest BCUT2D eigenvalue weighted by molar-refractivity contribution is 0.140. The Morgan fingerprint density at radius 1 is 1.14 bits per heavy atom. The van der Waals surface area contributed by atoms with Crippen molar-refractivity contribution in [2.45, 2.75) is 13.0 Å². The lowest BCUT2D eigenvalue weighted by Gasteiger charge is -2.08. The number of carbonyl (C=O) groups excluding carboxylic acids is 1. The van der Waals surface area contributed by atoms with Crippen LogP contribution in [0.5, 0.6) is 5.75 Å². The smallest absolute Gasteiger partial charge is 0.407 e. The lowest BCUT2D eigenvalue weighted by atomic mass is 10.1. The van der Waals surface area contributed by atoms with Gasteiger partial charge in [0.15, 0.2) is 0 Å². The van der Waals surface area contributed by atoms with E-state index in [4.69, 9.17) is 10.5 Å². The monoisotopic (exact) mass is 286 g/mol. The van der Waals surface area contributed by atoms with Crippen LogP contribution in [0.3, 0.4) is 0 Å². The van der Waals surface area contributed by atoms with E-state index in [1.54, 1.807) is 18.2 Å². The molecular weight excluding hydrogens is 268 g/mol. The zero-order valence-corrected chi connectivity index (χ0v) is 11.6. The normalized spacial score (nSPS) is 10.1. The molecule has 2 aromatic rings. The second-order valence-electron chi connectivity index (χ2n) is 4.63. The largest absolute Gasteiger partial charge is 0.506 e. The molecule has 0 saturated carbocycles. The molecule has 0 spiro atoms. The number of phenolic OH excluding ortho intramolecular Hbond substituents is 1. The number of hydrogen-bond acceptors (Lipinski definition) is 4. The van der Waals surface area contributed by atoms with Crippen molar-refractivity contribution < 1.29 is 14.6 Å². The molecule has 0 fully saturated rings. The lowest BCUT2D eigenvalue weighted by Crippen LogP contribution is -2.26. The van der Waals surface area contributed by atoms with Gasteiger partial charge in [0, 0.05) is 6.54 Å². The van der Waals surface area contributed by atoms with Crippen molar-refractivity contribution in [2.24, 2.45) is 0 Å². The molecule has 0 heterocycles. The molecule has 0 radical (unpaired) electrons. The van der Waals surface area contributed by atoms with E-state index in [-0.39, 0.29) is 12.4 Å². The molecule has 4 N–H and O–H groups in total. The quantitative estimate of drug-likeness (QED) is 0.582. The summed E-state index contributed by atoms with van der Waals surface area (Å²) in [6.45, 7) is 0.691. The first kappa shape index (κ1) is 14.7. The van der Waals surface area contributed by atoms with Crippen molar-refractivity contribution in [2.75, 3.05) is 12.3 Å². The summed E-state index contributed by atoms with van der Waals surface area (Å²) in [5, 5.41) is 12.0. The van der Waals surface area contributed by atoms with E-state index in [1.807, 2.05) is 30.3 Å². The average Bonchev–Trinajstić information content (AvgIpc) is 2.50. The molecule has 0 unspecified atom stereocenters. The van der Waals surface area contributed by atoms with Crippen molar-refractivity contribution in [1.29, 1.82) is 0 Å². The van der Waals surface area contributed by atoms with Crippen LogP contribution in [0.4, 0.5) is 10.5 Å². The van der Waals surface area contributed by atoms with Crippen LogP contribution in [0.15, 0.2) is 48.5 Å². The van der Waals surface area contributed by atoms with Crippen molar-refractivity contribution in [3.63, 3.8) is 0 Å². The first-order chi connectivity index (χ1) is 10.1. The fourth-order valence-corrected chi connectivity index (χ4v) is 1.84. The van der Waals surface area contributed by atoms with Crippen molar-refractivity contribution in [3.05, 3.63) is 59.7 Å². The molecule has 0 aliphatic heterocycles. The van der Waals surface area contributed by atoms with Gasteiger partial charge in [0.1, 0.15) is 12.4 Å². The second kappa shape index (κ2) is 7.19. The van der Waals surface area contributed by atoms with Crippen LogP contribution in [-0.2, 0) is 17.8 Å². The maximum absolute atomic E-state index is 11.5. The summed E-state index contributed by atoms with van der Waals surface area (Å²) in [7, 11) is 0. The van der Waals surface area contributed by atoms with Gasteiger partial charge in [-0.05, 0) is 29.7 Å². The summed E-state index contributed by atoms with van der Waals surface area (Å²) in [6, 6.07) is 14.5. The number of ether oxygens (including phenoxy) is 1. The highest BCUT2D eigenvalue weighted by Crippen LogP contribution is 2.20. The van der Waals surface area contributed by atoms with Crippen LogP contribution in [0.2, 0.25) is 0 Å². The number of amides is 1. The molecule has 5 heteroatoms. The number of nitrogen functional groups attached to an aromatic ring is 1. The Morgan fingerprint density at radius 3 is 2.62 bits per heavy atom. The molecule has 1 amide bonds. The first-order valence-electron chi connectivity index (χ1n) is 6.67. The molecular formula is C16H18N2O3. The van der Waals surface area contributed by atoms with E-state index in [2.05, 4.69) is 5.32 Å². The summed E-state index contributed by atoms with van der Waals surface area (Å²) in [5.74, 6) is 0.0639. The van der Waals surface area contributed by atoms with Gasteiger partial charge < -0.3 is 20.9 Å². The third kappa shape index (κ3) is 4.72. The Morgan fingerprint density at radius 2 is 1.90 bits per heavy atom. The number of aromatic hydroxyl groups is 1. The molecule has 0 aromatic heterocycles. The van der Waals surface area contributed by atoms with Crippen LogP contribution < -0.4 is 11.1 Å². The average molecular weight is 286 g/mol. The number of anilines is 1. The minimum absolute atomic E-state index is 0.0639. The predicted molar refractivity (Wildman–Crippen MR) is 80.9 cm³/mol. The van der Waals surface area contributed by atoms with E-state index >= 15 is 0 Å². The number of carbonyl (C=O) groups is 1. The maximum Gasteiger partial charge on any atom is 0.407 e. The Kier molecular flexibility index (Phi) is 5.04. The van der Waals surface area contributed by atoms with E-state index in [1.165, 1.54) is 0 Å². The first-order valence-corrected chi connectivity index (χ1v) is 6.67. The van der Waals surface area contributed by atoms with Crippen molar-refractivity contribution in [1.82, 2.24) is 5.32 Å². The molecule has 0 atom stereocenters. The Bertz CT molecular complexity index is 600. The van der Waals surface area contributed by atoms with Gasteiger partial charge in [0.05, 0.1) is 5.69 Å². The molecule has 21 heavy (non-hydrogen) atoms. The molecule has 0 bridgehead atoms. The number of phenols is 1. The fourth-order valence-electron chi connectivity index (χ4n) is 1.84. The van der Waals surface area contributed by atoms with E-state index < -0.39 is 6.09 Å². The Labute approximate surface area is 123 Å². The third-order valence-corrected chi connectivity index (χ3v) is 2.99. The fraction of sp³-hybridized carbons (Fsp3) is 0.188. The number of rotatable bonds is 5. The van der Waals surface area contributed by atoms with Crippen LogP contribution >= 0.6 is 0 Å². The van der Waals surface area contributed by atoms with E-state index in [0.29, 0.717) is 18.7 Å². The van der Waals surface area contributed by atoms with Crippen LogP contribution in [0, 0.1) is 0 Å². The highest BCUT2D eigenvalue weighted by Gasteiger charge is 2.03. The van der Waals surface area contributed by atoms with E-state index in [0.717, 1.165) is 11.1 Å². The number of hydrogen-bond donors (Lipinski definition) is 3. The summed E-state index contributed by atoms with van der Waals surface area (Å²) in [6.07, 6.45) is 0.163. The predicted octanol–water partition coefficient (Wildman–Crippen LogP) is 2.44. The second-order valence-corrected chi connectivity index (χ2v) is 4.63. The minimum atomic E-state index is -0.453. The molecule has 0 saturated heterocycles. The zero-order valence-electron chi connectivity index (χ0n) is 11.6. The standard InChI is InChI=1S/C16H18N2O3/c17-14-10-12(6-7-15(14)19)8-9-18-16(20)21-11-13-4-2-1-3-5-13/h1-7,10,19H,8-9,11,17H2,(H,18,20). The molecule has 110 valence electrons.